The molecular formula is C24H17BrN2O5S2. The van der Waals surface area contributed by atoms with Crippen molar-refractivity contribution in [1.29, 1.82) is 0 Å². The summed E-state index contributed by atoms with van der Waals surface area (Å²) >= 11 is 4.66. The van der Waals surface area contributed by atoms with Crippen molar-refractivity contribution in [3.05, 3.63) is 91.1 Å². The number of halogens is 1. The average molecular weight is 557 g/mol. The normalized spacial score (nSPS) is 12.5. The van der Waals surface area contributed by atoms with Crippen LogP contribution in [0.25, 0.3) is 22.1 Å². The van der Waals surface area contributed by atoms with Crippen LogP contribution in [0.4, 0.5) is 0 Å². The van der Waals surface area contributed by atoms with Crippen LogP contribution < -0.4 is 19.0 Å². The van der Waals surface area contributed by atoms with E-state index in [4.69, 9.17) is 8.92 Å². The molecule has 10 heteroatoms. The lowest BCUT2D eigenvalue weighted by atomic mass is 10.2. The van der Waals surface area contributed by atoms with Gasteiger partial charge in [0.15, 0.2) is 16.5 Å². The van der Waals surface area contributed by atoms with Crippen LogP contribution in [0.15, 0.2) is 74.8 Å². The van der Waals surface area contributed by atoms with Gasteiger partial charge in [0.05, 0.1) is 27.1 Å². The van der Waals surface area contributed by atoms with E-state index in [1.807, 2.05) is 31.2 Å². The Labute approximate surface area is 207 Å². The molecule has 0 atom stereocenters. The highest BCUT2D eigenvalue weighted by molar-refractivity contribution is 9.10. The van der Waals surface area contributed by atoms with Crippen molar-refractivity contribution in [1.82, 2.24) is 9.38 Å². The van der Waals surface area contributed by atoms with Gasteiger partial charge in [-0.15, -0.1) is 0 Å². The van der Waals surface area contributed by atoms with Crippen LogP contribution in [-0.2, 0) is 10.1 Å². The van der Waals surface area contributed by atoms with Crippen LogP contribution in [0.1, 0.15) is 11.1 Å². The number of hydrogen-bond acceptors (Lipinski definition) is 7. The summed E-state index contributed by atoms with van der Waals surface area (Å²) in [7, 11) is -2.66. The molecule has 5 rings (SSSR count). The van der Waals surface area contributed by atoms with Gasteiger partial charge in [-0.1, -0.05) is 41.2 Å². The molecule has 2 aromatic heterocycles. The minimum Gasteiger partial charge on any atom is -0.493 e. The van der Waals surface area contributed by atoms with Crippen molar-refractivity contribution in [2.24, 2.45) is 0 Å². The van der Waals surface area contributed by atoms with Gasteiger partial charge in [0, 0.05) is 0 Å². The van der Waals surface area contributed by atoms with Gasteiger partial charge in [-0.3, -0.25) is 4.79 Å². The fourth-order valence-corrected chi connectivity index (χ4v) is 6.12. The first-order valence-electron chi connectivity index (χ1n) is 10.1. The Kier molecular flexibility index (Phi) is 5.67. The lowest BCUT2D eigenvalue weighted by Gasteiger charge is -2.13. The zero-order valence-corrected chi connectivity index (χ0v) is 21.2. The minimum atomic E-state index is -4.07. The standard InChI is InChI=1S/C24H17BrN2O5S2/c1-14-7-9-16(10-8-14)34(29,30)32-22-17(25)11-15(12-20(22)31-2)13-21-23(28)27-19-6-4-3-5-18(19)26-24(27)33-21/h3-13H,1-2H3. The van der Waals surface area contributed by atoms with Gasteiger partial charge < -0.3 is 8.92 Å². The molecule has 172 valence electrons. The number of benzene rings is 3. The molecule has 0 aliphatic rings. The smallest absolute Gasteiger partial charge is 0.339 e. The second-order valence-electron chi connectivity index (χ2n) is 7.52. The number of imidazole rings is 1. The fraction of sp³-hybridized carbons (Fsp3) is 0.0833. The van der Waals surface area contributed by atoms with E-state index in [2.05, 4.69) is 20.9 Å². The minimum absolute atomic E-state index is 0.0227. The van der Waals surface area contributed by atoms with Crippen molar-refractivity contribution in [3.63, 3.8) is 0 Å². The number of rotatable bonds is 5. The summed E-state index contributed by atoms with van der Waals surface area (Å²) in [5, 5.41) is 0. The molecule has 2 heterocycles. The van der Waals surface area contributed by atoms with Gasteiger partial charge in [-0.25, -0.2) is 9.38 Å². The maximum atomic E-state index is 13.0. The Morgan fingerprint density at radius 2 is 1.82 bits per heavy atom. The van der Waals surface area contributed by atoms with E-state index in [1.165, 1.54) is 30.6 Å². The molecule has 3 aromatic carbocycles. The van der Waals surface area contributed by atoms with Gasteiger partial charge in [0.2, 0.25) is 0 Å². The quantitative estimate of drug-likeness (QED) is 0.300. The molecule has 0 N–H and O–H groups in total. The molecule has 0 aliphatic carbocycles. The number of nitrogens with zero attached hydrogens (tertiary/aromatic N) is 2. The Bertz CT molecular complexity index is 1770. The van der Waals surface area contributed by atoms with Crippen molar-refractivity contribution in [2.45, 2.75) is 11.8 Å². The highest BCUT2D eigenvalue weighted by atomic mass is 79.9. The van der Waals surface area contributed by atoms with Gasteiger partial charge in [-0.05, 0) is 70.9 Å². The first kappa shape index (κ1) is 22.6. The summed E-state index contributed by atoms with van der Waals surface area (Å²) in [4.78, 5) is 18.2. The highest BCUT2D eigenvalue weighted by Gasteiger charge is 2.22. The number of hydrogen-bond donors (Lipinski definition) is 0. The molecule has 0 radical (unpaired) electrons. The SMILES string of the molecule is COc1cc(C=c2sc3nc4ccccc4n3c2=O)cc(Br)c1OS(=O)(=O)c1ccc(C)cc1. The molecule has 0 bridgehead atoms. The Balaban J connectivity index is 1.57. The lowest BCUT2D eigenvalue weighted by Crippen LogP contribution is -2.22. The molecule has 0 aliphatic heterocycles. The molecule has 0 amide bonds. The summed E-state index contributed by atoms with van der Waals surface area (Å²) in [6.07, 6.45) is 1.71. The van der Waals surface area contributed by atoms with Gasteiger partial charge in [-0.2, -0.15) is 8.42 Å². The second kappa shape index (κ2) is 8.53. The molecular weight excluding hydrogens is 540 g/mol. The maximum Gasteiger partial charge on any atom is 0.339 e. The molecule has 0 saturated heterocycles. The predicted molar refractivity (Wildman–Crippen MR) is 135 cm³/mol. The number of aryl methyl sites for hydroxylation is 1. The number of methoxy groups -OCH3 is 1. The third kappa shape index (κ3) is 3.97. The van der Waals surface area contributed by atoms with Crippen LogP contribution in [0.5, 0.6) is 11.5 Å². The van der Waals surface area contributed by atoms with Crippen molar-refractivity contribution in [2.75, 3.05) is 7.11 Å². The van der Waals surface area contributed by atoms with Crippen LogP contribution in [0.2, 0.25) is 0 Å². The van der Waals surface area contributed by atoms with E-state index >= 15 is 0 Å². The van der Waals surface area contributed by atoms with E-state index in [0.717, 1.165) is 16.6 Å². The van der Waals surface area contributed by atoms with Crippen LogP contribution in [-0.4, -0.2) is 24.9 Å². The third-order valence-electron chi connectivity index (χ3n) is 5.20. The molecule has 0 fully saturated rings. The number of aromatic nitrogens is 2. The zero-order valence-electron chi connectivity index (χ0n) is 18.0. The summed E-state index contributed by atoms with van der Waals surface area (Å²) < 4.78 is 38.8. The molecule has 0 spiro atoms. The Morgan fingerprint density at radius 3 is 2.56 bits per heavy atom. The van der Waals surface area contributed by atoms with E-state index < -0.39 is 10.1 Å². The van der Waals surface area contributed by atoms with Crippen molar-refractivity contribution in [3.8, 4) is 11.5 Å². The monoisotopic (exact) mass is 556 g/mol. The molecule has 7 nitrogen and oxygen atoms in total. The number of para-hydroxylation sites is 2. The fourth-order valence-electron chi connectivity index (χ4n) is 3.53. The van der Waals surface area contributed by atoms with Gasteiger partial charge in [0.1, 0.15) is 4.90 Å². The van der Waals surface area contributed by atoms with E-state index in [0.29, 0.717) is 19.5 Å². The maximum absolute atomic E-state index is 13.0. The van der Waals surface area contributed by atoms with Gasteiger partial charge in [0.25, 0.3) is 5.56 Å². The number of fused-ring (bicyclic) bond motifs is 3. The molecule has 34 heavy (non-hydrogen) atoms. The van der Waals surface area contributed by atoms with E-state index in [9.17, 15) is 13.2 Å². The largest absolute Gasteiger partial charge is 0.493 e. The highest BCUT2D eigenvalue weighted by Crippen LogP contribution is 2.38. The topological polar surface area (TPSA) is 87.0 Å². The summed E-state index contributed by atoms with van der Waals surface area (Å²) in [6, 6.07) is 17.1. The summed E-state index contributed by atoms with van der Waals surface area (Å²) in [5.74, 6) is 0.227. The summed E-state index contributed by atoms with van der Waals surface area (Å²) in [5.41, 5.74) is 2.91. The summed E-state index contributed by atoms with van der Waals surface area (Å²) in [6.45, 7) is 1.87. The second-order valence-corrected chi connectivity index (χ2v) is 10.9. The number of ether oxygens (including phenoxy) is 1. The first-order valence-corrected chi connectivity index (χ1v) is 13.1. The third-order valence-corrected chi connectivity index (χ3v) is 7.99. The average Bonchev–Trinajstić information content (AvgIpc) is 3.31. The predicted octanol–water partition coefficient (Wildman–Crippen LogP) is 4.30. The van der Waals surface area contributed by atoms with Crippen molar-refractivity contribution < 1.29 is 17.3 Å². The Morgan fingerprint density at radius 1 is 1.09 bits per heavy atom. The molecule has 0 unspecified atom stereocenters. The van der Waals surface area contributed by atoms with Crippen LogP contribution in [0, 0.1) is 6.92 Å². The van der Waals surface area contributed by atoms with Crippen molar-refractivity contribution >= 4 is 59.5 Å². The van der Waals surface area contributed by atoms with Crippen LogP contribution in [0.3, 0.4) is 0 Å². The van der Waals surface area contributed by atoms with Crippen LogP contribution >= 0.6 is 27.3 Å². The Hall–Kier alpha value is -3.21. The number of thiazole rings is 1. The van der Waals surface area contributed by atoms with Gasteiger partial charge >= 0.3 is 10.1 Å². The molecule has 5 aromatic rings. The lowest BCUT2D eigenvalue weighted by molar-refractivity contribution is 0.389. The van der Waals surface area contributed by atoms with E-state index in [-0.39, 0.29) is 22.0 Å². The zero-order chi connectivity index (χ0) is 24.0. The molecule has 0 saturated carbocycles. The van der Waals surface area contributed by atoms with E-state index in [1.54, 1.807) is 34.7 Å². The first-order chi connectivity index (χ1) is 16.3.